The van der Waals surface area contributed by atoms with E-state index >= 15 is 0 Å². The topological polar surface area (TPSA) is 136 Å². The van der Waals surface area contributed by atoms with E-state index < -0.39 is 30.4 Å². The molecule has 0 aromatic rings. The monoisotopic (exact) mass is 287 g/mol. The molecule has 0 saturated heterocycles. The van der Waals surface area contributed by atoms with Gasteiger partial charge < -0.3 is 25.7 Å². The minimum atomic E-state index is -1.53. The van der Waals surface area contributed by atoms with Crippen LogP contribution in [0.5, 0.6) is 0 Å². The second kappa shape index (κ2) is 6.73. The molecule has 1 aliphatic rings. The highest BCUT2D eigenvalue weighted by Gasteiger charge is 2.27. The third-order valence-electron chi connectivity index (χ3n) is 2.64. The number of hydrogen-bond acceptors (Lipinski definition) is 4. The molecule has 4 N–H and O–H groups in total. The molecule has 9 nitrogen and oxygen atoms in total. The molecule has 1 saturated carbocycles. The maximum absolute atomic E-state index is 11.7. The van der Waals surface area contributed by atoms with Crippen molar-refractivity contribution in [3.63, 3.8) is 0 Å². The highest BCUT2D eigenvalue weighted by atomic mass is 16.4. The standard InChI is InChI=1S/C11H17N3O6/c1-14(5-8(15)12-6-2-3-6)11(20)13-7(10(18)19)4-9(16)17/h6-7H,2-5H2,1H3,(H,12,15)(H,13,20)(H,16,17)(H,18,19)/t7-/m0/s1. The van der Waals surface area contributed by atoms with E-state index in [2.05, 4.69) is 5.32 Å². The van der Waals surface area contributed by atoms with Gasteiger partial charge in [-0.25, -0.2) is 9.59 Å². The van der Waals surface area contributed by atoms with Crippen molar-refractivity contribution in [2.75, 3.05) is 13.6 Å². The Morgan fingerprint density at radius 3 is 2.30 bits per heavy atom. The second-order valence-corrected chi connectivity index (χ2v) is 4.64. The molecule has 0 aromatic heterocycles. The molecule has 1 atom stereocenters. The van der Waals surface area contributed by atoms with Gasteiger partial charge in [0.1, 0.15) is 12.6 Å². The first-order valence-electron chi connectivity index (χ1n) is 6.05. The molecule has 0 spiro atoms. The molecule has 0 unspecified atom stereocenters. The Labute approximate surface area is 114 Å². The van der Waals surface area contributed by atoms with E-state index in [1.165, 1.54) is 7.05 Å². The maximum Gasteiger partial charge on any atom is 0.326 e. The number of urea groups is 1. The number of nitrogens with one attached hydrogen (secondary N) is 2. The van der Waals surface area contributed by atoms with Gasteiger partial charge in [-0.1, -0.05) is 0 Å². The molecule has 1 fully saturated rings. The molecule has 0 radical (unpaired) electrons. The fraction of sp³-hybridized carbons (Fsp3) is 0.636. The summed E-state index contributed by atoms with van der Waals surface area (Å²) in [6.45, 7) is -0.220. The number of likely N-dealkylation sites (N-methyl/N-ethyl adjacent to an activating group) is 1. The molecule has 0 heterocycles. The van der Waals surface area contributed by atoms with Crippen LogP contribution in [0, 0.1) is 0 Å². The van der Waals surface area contributed by atoms with E-state index in [0.29, 0.717) is 0 Å². The number of carbonyl (C=O) groups excluding carboxylic acids is 2. The summed E-state index contributed by atoms with van der Waals surface area (Å²) in [5, 5.41) is 22.1. The van der Waals surface area contributed by atoms with Crippen LogP contribution in [-0.2, 0) is 14.4 Å². The summed E-state index contributed by atoms with van der Waals surface area (Å²) in [5.41, 5.74) is 0. The SMILES string of the molecule is CN(CC(=O)NC1CC1)C(=O)N[C@@H](CC(=O)O)C(=O)O. The number of aliphatic carboxylic acids is 2. The molecule has 112 valence electrons. The van der Waals surface area contributed by atoms with Crippen molar-refractivity contribution in [1.82, 2.24) is 15.5 Å². The predicted molar refractivity (Wildman–Crippen MR) is 66.0 cm³/mol. The largest absolute Gasteiger partial charge is 0.481 e. The second-order valence-electron chi connectivity index (χ2n) is 4.64. The van der Waals surface area contributed by atoms with Gasteiger partial charge in [0, 0.05) is 13.1 Å². The third kappa shape index (κ3) is 5.55. The van der Waals surface area contributed by atoms with E-state index in [-0.39, 0.29) is 18.5 Å². The first-order valence-corrected chi connectivity index (χ1v) is 6.05. The zero-order valence-corrected chi connectivity index (χ0v) is 11.0. The van der Waals surface area contributed by atoms with Crippen LogP contribution in [0.15, 0.2) is 0 Å². The quantitative estimate of drug-likeness (QED) is 0.466. The summed E-state index contributed by atoms with van der Waals surface area (Å²) >= 11 is 0. The number of amides is 3. The number of rotatable bonds is 7. The summed E-state index contributed by atoms with van der Waals surface area (Å²) < 4.78 is 0. The summed E-state index contributed by atoms with van der Waals surface area (Å²) in [6, 6.07) is -2.18. The molecular formula is C11H17N3O6. The molecular weight excluding hydrogens is 270 g/mol. The first-order chi connectivity index (χ1) is 9.29. The van der Waals surface area contributed by atoms with Gasteiger partial charge in [0.15, 0.2) is 0 Å². The van der Waals surface area contributed by atoms with Crippen molar-refractivity contribution in [3.05, 3.63) is 0 Å². The van der Waals surface area contributed by atoms with Gasteiger partial charge in [-0.15, -0.1) is 0 Å². The van der Waals surface area contributed by atoms with E-state index in [4.69, 9.17) is 10.2 Å². The lowest BCUT2D eigenvalue weighted by Gasteiger charge is -2.20. The summed E-state index contributed by atoms with van der Waals surface area (Å²) in [4.78, 5) is 45.4. The van der Waals surface area contributed by atoms with Crippen LogP contribution in [0.2, 0.25) is 0 Å². The van der Waals surface area contributed by atoms with Gasteiger partial charge in [0.05, 0.1) is 6.42 Å². The summed E-state index contributed by atoms with van der Waals surface area (Å²) in [6.07, 6.45) is 1.10. The minimum absolute atomic E-state index is 0.165. The Morgan fingerprint density at radius 1 is 1.25 bits per heavy atom. The summed E-state index contributed by atoms with van der Waals surface area (Å²) in [5.74, 6) is -3.13. The van der Waals surface area contributed by atoms with Crippen molar-refractivity contribution in [3.8, 4) is 0 Å². The highest BCUT2D eigenvalue weighted by Crippen LogP contribution is 2.18. The first kappa shape index (κ1) is 15.7. The van der Waals surface area contributed by atoms with Crippen molar-refractivity contribution >= 4 is 23.9 Å². The fourth-order valence-electron chi connectivity index (χ4n) is 1.42. The number of carboxylic acid groups (broad SMARTS) is 2. The van der Waals surface area contributed by atoms with Crippen LogP contribution in [-0.4, -0.2) is 64.7 Å². The molecule has 0 bridgehead atoms. The Morgan fingerprint density at radius 2 is 1.85 bits per heavy atom. The highest BCUT2D eigenvalue weighted by molar-refractivity contribution is 5.88. The van der Waals surface area contributed by atoms with Crippen molar-refractivity contribution in [1.29, 1.82) is 0 Å². The Balaban J connectivity index is 2.43. The average Bonchev–Trinajstić information content (AvgIpc) is 3.10. The third-order valence-corrected chi connectivity index (χ3v) is 2.64. The van der Waals surface area contributed by atoms with Gasteiger partial charge >= 0.3 is 18.0 Å². The molecule has 3 amide bonds. The van der Waals surface area contributed by atoms with Crippen LogP contribution in [0.1, 0.15) is 19.3 Å². The number of carbonyl (C=O) groups is 4. The lowest BCUT2D eigenvalue weighted by molar-refractivity contribution is -0.145. The molecule has 1 aliphatic carbocycles. The van der Waals surface area contributed by atoms with Crippen LogP contribution >= 0.6 is 0 Å². The Kier molecular flexibility index (Phi) is 5.30. The lowest BCUT2D eigenvalue weighted by Crippen LogP contribution is -2.49. The zero-order valence-electron chi connectivity index (χ0n) is 11.0. The van der Waals surface area contributed by atoms with Crippen LogP contribution in [0.25, 0.3) is 0 Å². The van der Waals surface area contributed by atoms with Gasteiger partial charge in [-0.2, -0.15) is 0 Å². The van der Waals surface area contributed by atoms with Crippen LogP contribution in [0.3, 0.4) is 0 Å². The molecule has 20 heavy (non-hydrogen) atoms. The van der Waals surface area contributed by atoms with Gasteiger partial charge in [0.2, 0.25) is 5.91 Å². The number of nitrogens with zero attached hydrogens (tertiary/aromatic N) is 1. The smallest absolute Gasteiger partial charge is 0.326 e. The number of hydrogen-bond donors (Lipinski definition) is 4. The van der Waals surface area contributed by atoms with Crippen LogP contribution in [0.4, 0.5) is 4.79 Å². The molecule has 1 rings (SSSR count). The predicted octanol–water partition coefficient (Wildman–Crippen LogP) is -1.17. The lowest BCUT2D eigenvalue weighted by atomic mass is 10.2. The van der Waals surface area contributed by atoms with Crippen molar-refractivity contribution < 1.29 is 29.4 Å². The van der Waals surface area contributed by atoms with E-state index in [1.807, 2.05) is 5.32 Å². The average molecular weight is 287 g/mol. The minimum Gasteiger partial charge on any atom is -0.481 e. The van der Waals surface area contributed by atoms with Crippen LogP contribution < -0.4 is 10.6 Å². The molecule has 0 aromatic carbocycles. The van der Waals surface area contributed by atoms with Gasteiger partial charge in [0.25, 0.3) is 0 Å². The van der Waals surface area contributed by atoms with E-state index in [0.717, 1.165) is 17.7 Å². The molecule has 0 aliphatic heterocycles. The zero-order chi connectivity index (χ0) is 15.3. The van der Waals surface area contributed by atoms with E-state index in [9.17, 15) is 19.2 Å². The summed E-state index contributed by atoms with van der Waals surface area (Å²) in [7, 11) is 1.32. The number of carboxylic acids is 2. The normalized spacial score (nSPS) is 15.1. The van der Waals surface area contributed by atoms with Crippen molar-refractivity contribution in [2.24, 2.45) is 0 Å². The molecule has 9 heteroatoms. The maximum atomic E-state index is 11.7. The van der Waals surface area contributed by atoms with Gasteiger partial charge in [-0.05, 0) is 12.8 Å². The Hall–Kier alpha value is -2.32. The fourth-order valence-corrected chi connectivity index (χ4v) is 1.42. The van der Waals surface area contributed by atoms with Crippen molar-refractivity contribution in [2.45, 2.75) is 31.3 Å². The Bertz CT molecular complexity index is 420. The van der Waals surface area contributed by atoms with Gasteiger partial charge in [-0.3, -0.25) is 9.59 Å². The van der Waals surface area contributed by atoms with E-state index in [1.54, 1.807) is 0 Å².